The smallest absolute Gasteiger partial charge is 0.225 e. The molecule has 3 aromatic rings. The van der Waals surface area contributed by atoms with Gasteiger partial charge in [0.1, 0.15) is 12.4 Å². The summed E-state index contributed by atoms with van der Waals surface area (Å²) in [6, 6.07) is 8.34. The average molecular weight is 466 g/mol. The van der Waals surface area contributed by atoms with E-state index in [9.17, 15) is 0 Å². The third kappa shape index (κ3) is 5.45. The first-order chi connectivity index (χ1) is 16.3. The number of piperidine rings is 1. The van der Waals surface area contributed by atoms with Gasteiger partial charge in [-0.25, -0.2) is 15.0 Å². The van der Waals surface area contributed by atoms with E-state index in [-0.39, 0.29) is 0 Å². The van der Waals surface area contributed by atoms with E-state index in [1.54, 1.807) is 11.3 Å². The molecule has 0 atom stereocenters. The number of hydrogen-bond acceptors (Lipinski definition) is 8. The van der Waals surface area contributed by atoms with Gasteiger partial charge in [-0.1, -0.05) is 6.92 Å². The molecule has 5 rings (SSSR count). The minimum Gasteiger partial charge on any atom is -0.487 e. The second-order valence-electron chi connectivity index (χ2n) is 8.57. The lowest BCUT2D eigenvalue weighted by molar-refractivity contribution is 0.122. The van der Waals surface area contributed by atoms with Crippen molar-refractivity contribution in [3.05, 3.63) is 58.3 Å². The number of aryl methyl sites for hydroxylation is 1. The van der Waals surface area contributed by atoms with E-state index >= 15 is 0 Å². The fraction of sp³-hybridized carbons (Fsp3) is 0.480. The second-order valence-corrected chi connectivity index (χ2v) is 9.45. The van der Waals surface area contributed by atoms with Gasteiger partial charge in [0, 0.05) is 55.6 Å². The van der Waals surface area contributed by atoms with Gasteiger partial charge in [0.15, 0.2) is 0 Å². The predicted molar refractivity (Wildman–Crippen MR) is 132 cm³/mol. The highest BCUT2D eigenvalue weighted by Gasteiger charge is 2.24. The van der Waals surface area contributed by atoms with Crippen LogP contribution in [0.4, 0.5) is 11.6 Å². The molecule has 0 spiro atoms. The number of nitrogens with zero attached hydrogens (tertiary/aromatic N) is 5. The number of anilines is 2. The first kappa shape index (κ1) is 22.1. The molecule has 2 aliphatic heterocycles. The Morgan fingerprint density at radius 2 is 1.73 bits per heavy atom. The molecule has 1 aromatic carbocycles. The van der Waals surface area contributed by atoms with Crippen molar-refractivity contribution in [2.45, 2.75) is 38.7 Å². The van der Waals surface area contributed by atoms with Crippen molar-refractivity contribution in [1.82, 2.24) is 15.0 Å². The molecule has 0 radical (unpaired) electrons. The van der Waals surface area contributed by atoms with E-state index in [2.05, 4.69) is 44.2 Å². The lowest BCUT2D eigenvalue weighted by Crippen LogP contribution is -2.36. The summed E-state index contributed by atoms with van der Waals surface area (Å²) in [4.78, 5) is 18.6. The van der Waals surface area contributed by atoms with E-state index in [0.29, 0.717) is 12.5 Å². The Labute approximate surface area is 199 Å². The minimum absolute atomic E-state index is 0.503. The van der Waals surface area contributed by atoms with Gasteiger partial charge in [-0.2, -0.15) is 0 Å². The molecule has 0 amide bonds. The molecule has 7 nitrogen and oxygen atoms in total. The third-order valence-electron chi connectivity index (χ3n) is 6.40. The lowest BCUT2D eigenvalue weighted by Gasteiger charge is -2.31. The highest BCUT2D eigenvalue weighted by Crippen LogP contribution is 2.31. The van der Waals surface area contributed by atoms with E-state index < -0.39 is 0 Å². The molecule has 0 bridgehead atoms. The zero-order valence-electron chi connectivity index (χ0n) is 19.2. The predicted octanol–water partition coefficient (Wildman–Crippen LogP) is 4.30. The lowest BCUT2D eigenvalue weighted by atomic mass is 9.98. The Bertz CT molecular complexity index is 1010. The zero-order valence-corrected chi connectivity index (χ0v) is 20.0. The second kappa shape index (κ2) is 10.5. The van der Waals surface area contributed by atoms with Crippen LogP contribution in [0, 0.1) is 0 Å². The van der Waals surface area contributed by atoms with Crippen LogP contribution in [0.3, 0.4) is 0 Å². The summed E-state index contributed by atoms with van der Waals surface area (Å²) in [6.07, 6.45) is 7.01. The van der Waals surface area contributed by atoms with Crippen molar-refractivity contribution in [2.75, 3.05) is 49.2 Å². The molecule has 2 aliphatic rings. The van der Waals surface area contributed by atoms with Crippen LogP contribution in [0.2, 0.25) is 0 Å². The molecular weight excluding hydrogens is 434 g/mol. The van der Waals surface area contributed by atoms with Gasteiger partial charge in [0.2, 0.25) is 5.95 Å². The molecule has 0 aliphatic carbocycles. The van der Waals surface area contributed by atoms with E-state index in [0.717, 1.165) is 76.0 Å². The molecule has 2 aromatic heterocycles. The summed E-state index contributed by atoms with van der Waals surface area (Å²) < 4.78 is 11.4. The molecule has 4 heterocycles. The largest absolute Gasteiger partial charge is 0.487 e. The summed E-state index contributed by atoms with van der Waals surface area (Å²) in [6.45, 7) is 8.04. The van der Waals surface area contributed by atoms with Crippen LogP contribution < -0.4 is 14.5 Å². The highest BCUT2D eigenvalue weighted by molar-refractivity contribution is 7.09. The van der Waals surface area contributed by atoms with Crippen molar-refractivity contribution < 1.29 is 9.47 Å². The van der Waals surface area contributed by atoms with E-state index in [4.69, 9.17) is 14.5 Å². The Morgan fingerprint density at radius 1 is 1.00 bits per heavy atom. The fourth-order valence-corrected chi connectivity index (χ4v) is 5.30. The van der Waals surface area contributed by atoms with Crippen LogP contribution in [-0.2, 0) is 17.8 Å². The van der Waals surface area contributed by atoms with E-state index in [1.165, 1.54) is 16.3 Å². The van der Waals surface area contributed by atoms with E-state index in [1.807, 2.05) is 24.5 Å². The van der Waals surface area contributed by atoms with Gasteiger partial charge < -0.3 is 19.3 Å². The summed E-state index contributed by atoms with van der Waals surface area (Å²) >= 11 is 1.76. The molecule has 0 unspecified atom stereocenters. The standard InChI is InChI=1S/C25H31N5O2S/c1-2-19-15-26-25(27-16-19)30-9-7-20(8-10-30)24-28-21(18-33-24)17-32-23-5-3-22(4-6-23)29-11-13-31-14-12-29/h3-6,15-16,18,20H,2,7-14,17H2,1H3. The quantitative estimate of drug-likeness (QED) is 0.516. The maximum Gasteiger partial charge on any atom is 0.225 e. The van der Waals surface area contributed by atoms with Gasteiger partial charge in [0.25, 0.3) is 0 Å². The Balaban J connectivity index is 1.11. The van der Waals surface area contributed by atoms with Gasteiger partial charge in [-0.3, -0.25) is 0 Å². The number of hydrogen-bond donors (Lipinski definition) is 0. The zero-order chi connectivity index (χ0) is 22.5. The van der Waals surface area contributed by atoms with Crippen LogP contribution >= 0.6 is 11.3 Å². The molecule has 33 heavy (non-hydrogen) atoms. The monoisotopic (exact) mass is 465 g/mol. The number of ether oxygens (including phenoxy) is 2. The molecule has 2 saturated heterocycles. The number of benzene rings is 1. The van der Waals surface area contributed by atoms with Gasteiger partial charge in [-0.05, 0) is 49.1 Å². The molecule has 8 heteroatoms. The van der Waals surface area contributed by atoms with Crippen LogP contribution in [0.5, 0.6) is 5.75 Å². The highest BCUT2D eigenvalue weighted by atomic mass is 32.1. The maximum absolute atomic E-state index is 6.00. The first-order valence-corrected chi connectivity index (χ1v) is 12.7. The van der Waals surface area contributed by atoms with Crippen molar-refractivity contribution in [3.63, 3.8) is 0 Å². The minimum atomic E-state index is 0.503. The van der Waals surface area contributed by atoms with Crippen LogP contribution in [-0.4, -0.2) is 54.3 Å². The SMILES string of the molecule is CCc1cnc(N2CCC(c3nc(COc4ccc(N5CCOCC5)cc4)cs3)CC2)nc1. The first-order valence-electron chi connectivity index (χ1n) is 11.8. The normalized spacial score (nSPS) is 17.4. The van der Waals surface area contributed by atoms with Crippen molar-refractivity contribution in [2.24, 2.45) is 0 Å². The molecular formula is C25H31N5O2S. The number of rotatable bonds is 7. The summed E-state index contributed by atoms with van der Waals surface area (Å²) in [5.74, 6) is 2.23. The van der Waals surface area contributed by atoms with Crippen LogP contribution in [0.25, 0.3) is 0 Å². The molecule has 0 N–H and O–H groups in total. The number of aromatic nitrogens is 3. The van der Waals surface area contributed by atoms with Gasteiger partial charge in [-0.15, -0.1) is 11.3 Å². The van der Waals surface area contributed by atoms with Gasteiger partial charge >= 0.3 is 0 Å². The maximum atomic E-state index is 6.00. The number of morpholine rings is 1. The fourth-order valence-electron chi connectivity index (χ4n) is 4.33. The number of thiazole rings is 1. The summed E-state index contributed by atoms with van der Waals surface area (Å²) in [7, 11) is 0. The van der Waals surface area contributed by atoms with Gasteiger partial charge in [0.05, 0.1) is 23.9 Å². The van der Waals surface area contributed by atoms with Crippen LogP contribution in [0.1, 0.15) is 41.9 Å². The summed E-state index contributed by atoms with van der Waals surface area (Å²) in [5.41, 5.74) is 3.41. The molecule has 2 fully saturated rings. The Kier molecular flexibility index (Phi) is 7.02. The van der Waals surface area contributed by atoms with Crippen molar-refractivity contribution >= 4 is 23.0 Å². The summed E-state index contributed by atoms with van der Waals surface area (Å²) in [5, 5.41) is 3.36. The topological polar surface area (TPSA) is 63.6 Å². The Hall–Kier alpha value is -2.71. The molecule has 174 valence electrons. The van der Waals surface area contributed by atoms with Crippen LogP contribution in [0.15, 0.2) is 42.0 Å². The average Bonchev–Trinajstić information content (AvgIpc) is 3.38. The van der Waals surface area contributed by atoms with Crippen molar-refractivity contribution in [1.29, 1.82) is 0 Å². The third-order valence-corrected chi connectivity index (χ3v) is 7.45. The van der Waals surface area contributed by atoms with Crippen molar-refractivity contribution in [3.8, 4) is 5.75 Å². The Morgan fingerprint density at radius 3 is 2.42 bits per heavy atom. The molecule has 0 saturated carbocycles.